The number of hydrogen-bond acceptors (Lipinski definition) is 4. The first-order valence-electron chi connectivity index (χ1n) is 7.04. The van der Waals surface area contributed by atoms with E-state index >= 15 is 0 Å². The predicted octanol–water partition coefficient (Wildman–Crippen LogP) is 0.590. The van der Waals surface area contributed by atoms with Gasteiger partial charge in [-0.15, -0.1) is 12.4 Å². The van der Waals surface area contributed by atoms with Crippen molar-refractivity contribution < 1.29 is 13.2 Å². The van der Waals surface area contributed by atoms with Crippen LogP contribution in [0, 0.1) is 5.92 Å². The molecule has 2 rings (SSSR count). The van der Waals surface area contributed by atoms with Gasteiger partial charge in [-0.25, -0.2) is 13.1 Å². The summed E-state index contributed by atoms with van der Waals surface area (Å²) in [5.41, 5.74) is 6.11. The lowest BCUT2D eigenvalue weighted by Crippen LogP contribution is -2.38. The Morgan fingerprint density at radius 3 is 2.64 bits per heavy atom. The van der Waals surface area contributed by atoms with E-state index in [1.54, 1.807) is 13.8 Å². The molecule has 1 heterocycles. The summed E-state index contributed by atoms with van der Waals surface area (Å²) in [5.74, 6) is 0.150. The van der Waals surface area contributed by atoms with Crippen LogP contribution in [0.2, 0.25) is 0 Å². The highest BCUT2D eigenvalue weighted by atomic mass is 35.5. The zero-order chi connectivity index (χ0) is 15.6. The Kier molecular flexibility index (Phi) is 6.42. The highest BCUT2D eigenvalue weighted by Gasteiger charge is 2.28. The van der Waals surface area contributed by atoms with Crippen LogP contribution in [-0.4, -0.2) is 37.9 Å². The number of rotatable bonds is 7. The second-order valence-electron chi connectivity index (χ2n) is 5.74. The third-order valence-corrected chi connectivity index (χ3v) is 4.97. The predicted molar refractivity (Wildman–Crippen MR) is 86.5 cm³/mol. The molecule has 1 aliphatic carbocycles. The van der Waals surface area contributed by atoms with Crippen molar-refractivity contribution >= 4 is 28.3 Å². The van der Waals surface area contributed by atoms with Crippen LogP contribution in [0.5, 0.6) is 0 Å². The minimum Gasteiger partial charge on any atom is -0.356 e. The average Bonchev–Trinajstić information content (AvgIpc) is 3.10. The van der Waals surface area contributed by atoms with Crippen LogP contribution in [0.25, 0.3) is 0 Å². The SMILES string of the molecule is CC(C)NS(=O)(=O)c1c[nH]c(C(=O)NCC(N)C2CC2)c1.Cl. The number of sulfonamides is 1. The fourth-order valence-corrected chi connectivity index (χ4v) is 3.28. The maximum atomic E-state index is 12.0. The van der Waals surface area contributed by atoms with Gasteiger partial charge in [0.25, 0.3) is 5.91 Å². The van der Waals surface area contributed by atoms with Gasteiger partial charge < -0.3 is 16.0 Å². The van der Waals surface area contributed by atoms with Crippen molar-refractivity contribution in [3.63, 3.8) is 0 Å². The summed E-state index contributed by atoms with van der Waals surface area (Å²) >= 11 is 0. The molecule has 1 saturated carbocycles. The lowest BCUT2D eigenvalue weighted by Gasteiger charge is -2.10. The number of amides is 1. The first kappa shape index (κ1) is 19.0. The van der Waals surface area contributed by atoms with Crippen LogP contribution in [-0.2, 0) is 10.0 Å². The van der Waals surface area contributed by atoms with Crippen LogP contribution < -0.4 is 15.8 Å². The Morgan fingerprint density at radius 2 is 2.09 bits per heavy atom. The minimum atomic E-state index is -3.59. The van der Waals surface area contributed by atoms with Gasteiger partial charge in [0.15, 0.2) is 0 Å². The molecular formula is C13H23ClN4O3S. The van der Waals surface area contributed by atoms with Crippen molar-refractivity contribution in [2.75, 3.05) is 6.54 Å². The molecule has 0 aliphatic heterocycles. The van der Waals surface area contributed by atoms with E-state index in [1.807, 2.05) is 0 Å². The summed E-state index contributed by atoms with van der Waals surface area (Å²) < 4.78 is 26.4. The van der Waals surface area contributed by atoms with Crippen LogP contribution in [0.15, 0.2) is 17.2 Å². The van der Waals surface area contributed by atoms with Crippen LogP contribution in [0.1, 0.15) is 37.2 Å². The molecule has 1 aliphatic rings. The highest BCUT2D eigenvalue weighted by Crippen LogP contribution is 2.31. The van der Waals surface area contributed by atoms with Gasteiger partial charge in [-0.1, -0.05) is 0 Å². The summed E-state index contributed by atoms with van der Waals surface area (Å²) in [4.78, 5) is 14.7. The minimum absolute atomic E-state index is 0. The van der Waals surface area contributed by atoms with Crippen molar-refractivity contribution in [1.82, 2.24) is 15.0 Å². The van der Waals surface area contributed by atoms with Gasteiger partial charge in [0, 0.05) is 24.8 Å². The normalized spacial score (nSPS) is 16.2. The van der Waals surface area contributed by atoms with Crippen molar-refractivity contribution in [2.24, 2.45) is 11.7 Å². The van der Waals surface area contributed by atoms with Gasteiger partial charge in [0.1, 0.15) is 10.6 Å². The molecule has 22 heavy (non-hydrogen) atoms. The molecule has 7 nitrogen and oxygen atoms in total. The number of hydrogen-bond donors (Lipinski definition) is 4. The Hall–Kier alpha value is -1.09. The number of carbonyl (C=O) groups excluding carboxylic acids is 1. The van der Waals surface area contributed by atoms with Crippen molar-refractivity contribution in [2.45, 2.75) is 43.7 Å². The van der Waals surface area contributed by atoms with Crippen molar-refractivity contribution in [3.8, 4) is 0 Å². The van der Waals surface area contributed by atoms with Crippen LogP contribution in [0.3, 0.4) is 0 Å². The van der Waals surface area contributed by atoms with Gasteiger partial charge in [0.05, 0.1) is 0 Å². The van der Waals surface area contributed by atoms with Gasteiger partial charge >= 0.3 is 0 Å². The maximum absolute atomic E-state index is 12.0. The first-order chi connectivity index (χ1) is 9.79. The molecule has 0 spiro atoms. The third-order valence-electron chi connectivity index (χ3n) is 3.33. The quantitative estimate of drug-likeness (QED) is 0.575. The standard InChI is InChI=1S/C13H22N4O3S.ClH/c1-8(2)17-21(19,20)10-5-12(15-6-10)13(18)16-7-11(14)9-3-4-9;/h5-6,8-9,11,15,17H,3-4,7,14H2,1-2H3,(H,16,18);1H. The molecule has 1 fully saturated rings. The molecule has 1 unspecified atom stereocenters. The fourth-order valence-electron chi connectivity index (χ4n) is 2.04. The van der Waals surface area contributed by atoms with E-state index in [4.69, 9.17) is 5.73 Å². The molecule has 126 valence electrons. The summed E-state index contributed by atoms with van der Waals surface area (Å²) in [7, 11) is -3.59. The lowest BCUT2D eigenvalue weighted by molar-refractivity contribution is 0.0946. The number of aromatic nitrogens is 1. The molecule has 0 radical (unpaired) electrons. The van der Waals surface area contributed by atoms with E-state index in [1.165, 1.54) is 12.3 Å². The van der Waals surface area contributed by atoms with E-state index in [0.29, 0.717) is 12.5 Å². The van der Waals surface area contributed by atoms with E-state index in [9.17, 15) is 13.2 Å². The molecule has 1 aromatic rings. The zero-order valence-electron chi connectivity index (χ0n) is 12.6. The molecule has 0 saturated heterocycles. The summed E-state index contributed by atoms with van der Waals surface area (Å²) in [6.07, 6.45) is 3.53. The van der Waals surface area contributed by atoms with E-state index < -0.39 is 10.0 Å². The molecular weight excluding hydrogens is 328 g/mol. The monoisotopic (exact) mass is 350 g/mol. The Bertz CT molecular complexity index is 611. The first-order valence-corrected chi connectivity index (χ1v) is 8.52. The third kappa shape index (κ3) is 4.98. The maximum Gasteiger partial charge on any atom is 0.267 e. The van der Waals surface area contributed by atoms with Crippen LogP contribution >= 0.6 is 12.4 Å². The molecule has 1 atom stereocenters. The second kappa shape index (κ2) is 7.45. The van der Waals surface area contributed by atoms with E-state index in [0.717, 1.165) is 12.8 Å². The van der Waals surface area contributed by atoms with Gasteiger partial charge in [0.2, 0.25) is 10.0 Å². The molecule has 0 bridgehead atoms. The number of H-pyrrole nitrogens is 1. The summed E-state index contributed by atoms with van der Waals surface area (Å²) in [5, 5.41) is 2.72. The number of carbonyl (C=O) groups is 1. The van der Waals surface area contributed by atoms with E-state index in [2.05, 4.69) is 15.0 Å². The average molecular weight is 351 g/mol. The lowest BCUT2D eigenvalue weighted by atomic mass is 10.2. The number of nitrogens with one attached hydrogen (secondary N) is 3. The number of aromatic amines is 1. The van der Waals surface area contributed by atoms with Crippen molar-refractivity contribution in [1.29, 1.82) is 0 Å². The molecule has 9 heteroatoms. The smallest absolute Gasteiger partial charge is 0.267 e. The van der Waals surface area contributed by atoms with Gasteiger partial charge in [-0.05, 0) is 38.7 Å². The summed E-state index contributed by atoms with van der Waals surface area (Å²) in [6.45, 7) is 3.86. The van der Waals surface area contributed by atoms with E-state index in [-0.39, 0.29) is 41.0 Å². The Morgan fingerprint density at radius 1 is 1.45 bits per heavy atom. The molecule has 5 N–H and O–H groups in total. The van der Waals surface area contributed by atoms with Gasteiger partial charge in [-0.2, -0.15) is 0 Å². The zero-order valence-corrected chi connectivity index (χ0v) is 14.3. The Balaban J connectivity index is 0.00000242. The second-order valence-corrected chi connectivity index (χ2v) is 7.45. The number of nitrogens with two attached hydrogens (primary N) is 1. The highest BCUT2D eigenvalue weighted by molar-refractivity contribution is 7.89. The number of halogens is 1. The largest absolute Gasteiger partial charge is 0.356 e. The van der Waals surface area contributed by atoms with Crippen LogP contribution in [0.4, 0.5) is 0 Å². The Labute approximate surface area is 136 Å². The van der Waals surface area contributed by atoms with Gasteiger partial charge in [-0.3, -0.25) is 4.79 Å². The fraction of sp³-hybridized carbons (Fsp3) is 0.615. The summed E-state index contributed by atoms with van der Waals surface area (Å²) in [6, 6.07) is 1.08. The topological polar surface area (TPSA) is 117 Å². The van der Waals surface area contributed by atoms with Crippen molar-refractivity contribution in [3.05, 3.63) is 18.0 Å². The molecule has 1 aromatic heterocycles. The molecule has 1 amide bonds. The molecule has 0 aromatic carbocycles.